The van der Waals surface area contributed by atoms with E-state index >= 15 is 0 Å². The highest BCUT2D eigenvalue weighted by atomic mass is 35.5. The second-order valence-electron chi connectivity index (χ2n) is 9.71. The van der Waals surface area contributed by atoms with Gasteiger partial charge >= 0.3 is 12.6 Å². The van der Waals surface area contributed by atoms with E-state index in [9.17, 15) is 22.0 Å². The van der Waals surface area contributed by atoms with Crippen molar-refractivity contribution in [3.8, 4) is 11.5 Å². The molecular weight excluding hydrogens is 637 g/mol. The molecule has 2 aliphatic rings. The summed E-state index contributed by atoms with van der Waals surface area (Å²) in [6.45, 7) is -2.69. The molecule has 2 fully saturated rings. The molecule has 0 bridgehead atoms. The Kier molecular flexibility index (Phi) is 9.47. The van der Waals surface area contributed by atoms with Gasteiger partial charge in [-0.25, -0.2) is 18.2 Å². The first-order chi connectivity index (χ1) is 20.0. The third-order valence-corrected chi connectivity index (χ3v) is 10.5. The SMILES string of the molecule is Cn1ccnc1S(=O)(=O)N1CCS[C@@H]1C(=O)O[C@@H](Cc1c(Cl)cncc1Cl)c1ccc(OC(F)F)c(OCC2CC2)c1. The van der Waals surface area contributed by atoms with Crippen LogP contribution in [0.4, 0.5) is 8.78 Å². The van der Waals surface area contributed by atoms with Crippen LogP contribution in [0, 0.1) is 5.92 Å². The number of imidazole rings is 1. The molecule has 0 spiro atoms. The summed E-state index contributed by atoms with van der Waals surface area (Å²) in [4.78, 5) is 21.5. The lowest BCUT2D eigenvalue weighted by Crippen LogP contribution is -2.41. The maximum Gasteiger partial charge on any atom is 0.387 e. The largest absolute Gasteiger partial charge is 0.489 e. The molecule has 0 amide bonds. The normalized spacial score (nSPS) is 18.3. The van der Waals surface area contributed by atoms with Crippen molar-refractivity contribution in [3.05, 3.63) is 64.2 Å². The predicted octanol–water partition coefficient (Wildman–Crippen LogP) is 5.10. The van der Waals surface area contributed by atoms with Gasteiger partial charge in [0.25, 0.3) is 10.0 Å². The molecule has 1 saturated heterocycles. The lowest BCUT2D eigenvalue weighted by atomic mass is 10.0. The number of rotatable bonds is 12. The first-order valence-electron chi connectivity index (χ1n) is 12.8. The van der Waals surface area contributed by atoms with Crippen LogP contribution < -0.4 is 9.47 Å². The van der Waals surface area contributed by atoms with Crippen molar-refractivity contribution in [2.45, 2.75) is 42.5 Å². The smallest absolute Gasteiger partial charge is 0.387 e. The highest BCUT2D eigenvalue weighted by Gasteiger charge is 2.43. The van der Waals surface area contributed by atoms with Crippen LogP contribution in [-0.2, 0) is 33.0 Å². The number of aryl methyl sites for hydroxylation is 1. The van der Waals surface area contributed by atoms with Gasteiger partial charge in [-0.05, 0) is 42.0 Å². The Morgan fingerprint density at radius 2 is 1.93 bits per heavy atom. The summed E-state index contributed by atoms with van der Waals surface area (Å²) < 4.78 is 71.7. The van der Waals surface area contributed by atoms with E-state index in [1.807, 2.05) is 0 Å². The molecule has 3 heterocycles. The summed E-state index contributed by atoms with van der Waals surface area (Å²) in [6, 6.07) is 4.24. The van der Waals surface area contributed by atoms with Gasteiger partial charge in [0.1, 0.15) is 6.10 Å². The highest BCUT2D eigenvalue weighted by molar-refractivity contribution is 8.02. The monoisotopic (exact) mass is 662 g/mol. The van der Waals surface area contributed by atoms with E-state index in [-0.39, 0.29) is 39.7 Å². The van der Waals surface area contributed by atoms with Crippen molar-refractivity contribution < 1.29 is 36.2 Å². The first-order valence-corrected chi connectivity index (χ1v) is 16.1. The number of esters is 1. The molecule has 1 saturated carbocycles. The maximum absolute atomic E-state index is 13.6. The van der Waals surface area contributed by atoms with Gasteiger partial charge in [0.2, 0.25) is 5.16 Å². The van der Waals surface area contributed by atoms with E-state index in [4.69, 9.17) is 32.7 Å². The summed E-state index contributed by atoms with van der Waals surface area (Å²) in [7, 11) is -2.58. The standard InChI is InChI=1S/C26H26Cl2F2N4O6S2/c1-33-7-6-32-26(33)42(36,37)34-8-9-41-23(34)24(35)39-21(11-17-18(27)12-31-13-19(17)28)16-4-5-20(40-25(29)30)22(10-16)38-14-15-2-3-15/h4-7,10,12-13,15,21,23,25H,2-3,8-9,11,14H2,1H3/t21-,23+/m0/s1. The Morgan fingerprint density at radius 3 is 2.57 bits per heavy atom. The summed E-state index contributed by atoms with van der Waals surface area (Å²) in [5.74, 6) is -0.258. The molecule has 226 valence electrons. The summed E-state index contributed by atoms with van der Waals surface area (Å²) in [5, 5.41) is -0.951. The molecule has 1 aliphatic heterocycles. The number of hydrogen-bond donors (Lipinski definition) is 0. The average molecular weight is 664 g/mol. The summed E-state index contributed by atoms with van der Waals surface area (Å²) in [6.07, 6.45) is 6.49. The fourth-order valence-corrected chi connectivity index (χ4v) is 8.00. The molecule has 5 rings (SSSR count). The molecule has 2 aromatic heterocycles. The molecule has 0 N–H and O–H groups in total. The third-order valence-electron chi connectivity index (χ3n) is 6.69. The van der Waals surface area contributed by atoms with E-state index in [0.717, 1.165) is 28.9 Å². The van der Waals surface area contributed by atoms with E-state index in [1.54, 1.807) is 7.05 Å². The molecule has 16 heteroatoms. The number of hydrogen-bond acceptors (Lipinski definition) is 9. The van der Waals surface area contributed by atoms with Crippen LogP contribution in [0.25, 0.3) is 0 Å². The second-order valence-corrected chi connectivity index (χ2v) is 13.5. The van der Waals surface area contributed by atoms with Gasteiger partial charge in [-0.3, -0.25) is 4.98 Å². The molecular formula is C26H26Cl2F2N4O6S2. The van der Waals surface area contributed by atoms with Crippen LogP contribution >= 0.6 is 35.0 Å². The maximum atomic E-state index is 13.6. The zero-order valence-electron chi connectivity index (χ0n) is 22.2. The molecule has 42 heavy (non-hydrogen) atoms. The van der Waals surface area contributed by atoms with Crippen LogP contribution in [0.1, 0.15) is 30.1 Å². The molecule has 0 unspecified atom stereocenters. The molecule has 1 aromatic carbocycles. The van der Waals surface area contributed by atoms with Gasteiger partial charge in [0, 0.05) is 50.6 Å². The van der Waals surface area contributed by atoms with Crippen LogP contribution in [0.5, 0.6) is 11.5 Å². The number of ether oxygens (including phenoxy) is 3. The number of carbonyl (C=O) groups excluding carboxylic acids is 1. The summed E-state index contributed by atoms with van der Waals surface area (Å²) >= 11 is 13.9. The van der Waals surface area contributed by atoms with Crippen molar-refractivity contribution in [2.24, 2.45) is 13.0 Å². The number of alkyl halides is 2. The molecule has 3 aromatic rings. The Bertz CT molecular complexity index is 1540. The predicted molar refractivity (Wildman–Crippen MR) is 151 cm³/mol. The van der Waals surface area contributed by atoms with Gasteiger partial charge in [0.15, 0.2) is 16.9 Å². The number of aromatic nitrogens is 3. The minimum Gasteiger partial charge on any atom is -0.489 e. The molecule has 10 nitrogen and oxygen atoms in total. The third kappa shape index (κ3) is 6.94. The Morgan fingerprint density at radius 1 is 1.19 bits per heavy atom. The first kappa shape index (κ1) is 30.8. The zero-order chi connectivity index (χ0) is 30.0. The van der Waals surface area contributed by atoms with Crippen LogP contribution in [0.15, 0.2) is 48.1 Å². The second kappa shape index (κ2) is 12.9. The quantitative estimate of drug-likeness (QED) is 0.244. The molecule has 1 aliphatic carbocycles. The van der Waals surface area contributed by atoms with Crippen molar-refractivity contribution in [1.29, 1.82) is 0 Å². The summed E-state index contributed by atoms with van der Waals surface area (Å²) in [5.41, 5.74) is 0.803. The fraction of sp³-hybridized carbons (Fsp3) is 0.423. The van der Waals surface area contributed by atoms with Gasteiger partial charge in [-0.15, -0.1) is 11.8 Å². The van der Waals surface area contributed by atoms with Crippen LogP contribution in [0.3, 0.4) is 0 Å². The van der Waals surface area contributed by atoms with Gasteiger partial charge in [0.05, 0.1) is 16.7 Å². The molecule has 0 radical (unpaired) electrons. The van der Waals surface area contributed by atoms with E-state index < -0.39 is 34.1 Å². The van der Waals surface area contributed by atoms with Crippen molar-refractivity contribution in [3.63, 3.8) is 0 Å². The number of benzene rings is 1. The Labute approximate surface area is 255 Å². The lowest BCUT2D eigenvalue weighted by Gasteiger charge is -2.25. The van der Waals surface area contributed by atoms with Crippen molar-refractivity contribution in [1.82, 2.24) is 18.8 Å². The van der Waals surface area contributed by atoms with Crippen molar-refractivity contribution >= 4 is 51.0 Å². The van der Waals surface area contributed by atoms with E-state index in [1.165, 1.54) is 47.6 Å². The number of thioether (sulfide) groups is 1. The topological polar surface area (TPSA) is 113 Å². The minimum absolute atomic E-state index is 0.0213. The fourth-order valence-electron chi connectivity index (χ4n) is 4.36. The van der Waals surface area contributed by atoms with Gasteiger partial charge < -0.3 is 18.8 Å². The number of nitrogens with zero attached hydrogens (tertiary/aromatic N) is 4. The number of pyridine rings is 1. The Hall–Kier alpha value is -2.65. The zero-order valence-corrected chi connectivity index (χ0v) is 25.3. The number of halogens is 4. The molecule has 2 atom stereocenters. The highest BCUT2D eigenvalue weighted by Crippen LogP contribution is 2.39. The minimum atomic E-state index is -4.12. The lowest BCUT2D eigenvalue weighted by molar-refractivity contribution is -0.150. The van der Waals surface area contributed by atoms with Crippen LogP contribution in [-0.4, -0.2) is 64.1 Å². The average Bonchev–Trinajstić information content (AvgIpc) is 3.42. The van der Waals surface area contributed by atoms with E-state index in [0.29, 0.717) is 29.4 Å². The Balaban J connectivity index is 1.46. The number of carbonyl (C=O) groups is 1. The number of sulfonamides is 1. The van der Waals surface area contributed by atoms with Gasteiger partial charge in [-0.1, -0.05) is 29.3 Å². The van der Waals surface area contributed by atoms with E-state index in [2.05, 4.69) is 14.7 Å². The van der Waals surface area contributed by atoms with Gasteiger partial charge in [-0.2, -0.15) is 13.1 Å². The van der Waals surface area contributed by atoms with Crippen LogP contribution in [0.2, 0.25) is 10.0 Å². The van der Waals surface area contributed by atoms with Crippen molar-refractivity contribution in [2.75, 3.05) is 18.9 Å².